The van der Waals surface area contributed by atoms with E-state index in [1.807, 2.05) is 25.1 Å². The molecule has 7 nitrogen and oxygen atoms in total. The first-order valence-electron chi connectivity index (χ1n) is 10.2. The van der Waals surface area contributed by atoms with Crippen molar-refractivity contribution in [2.24, 2.45) is 5.92 Å². The number of benzene rings is 1. The van der Waals surface area contributed by atoms with E-state index in [2.05, 4.69) is 17.5 Å². The van der Waals surface area contributed by atoms with Gasteiger partial charge in [-0.1, -0.05) is 37.3 Å². The Kier molecular flexibility index (Phi) is 7.65. The minimum atomic E-state index is -0.859. The molecule has 30 heavy (non-hydrogen) atoms. The third-order valence-corrected chi connectivity index (χ3v) is 4.80. The van der Waals surface area contributed by atoms with Gasteiger partial charge in [-0.05, 0) is 50.8 Å². The third-order valence-electron chi connectivity index (χ3n) is 4.80. The van der Waals surface area contributed by atoms with Crippen LogP contribution < -0.4 is 5.32 Å². The quantitative estimate of drug-likeness (QED) is 0.690. The molecule has 7 heteroatoms. The van der Waals surface area contributed by atoms with Crippen LogP contribution in [-0.4, -0.2) is 54.7 Å². The molecule has 0 aromatic heterocycles. The lowest BCUT2D eigenvalue weighted by atomic mass is 9.89. The maximum Gasteiger partial charge on any atom is 0.410 e. The number of esters is 1. The minimum absolute atomic E-state index is 0.214. The Bertz CT molecular complexity index is 825. The Morgan fingerprint density at radius 1 is 1.20 bits per heavy atom. The first-order chi connectivity index (χ1) is 14.0. The fourth-order valence-electron chi connectivity index (χ4n) is 3.38. The van der Waals surface area contributed by atoms with Crippen molar-refractivity contribution in [1.29, 1.82) is 0 Å². The molecule has 1 aromatic carbocycles. The summed E-state index contributed by atoms with van der Waals surface area (Å²) in [4.78, 5) is 38.5. The molecule has 1 aromatic rings. The van der Waals surface area contributed by atoms with Crippen LogP contribution in [0.3, 0.4) is 0 Å². The van der Waals surface area contributed by atoms with Gasteiger partial charge >= 0.3 is 12.1 Å². The molecule has 0 aliphatic heterocycles. The van der Waals surface area contributed by atoms with Crippen LogP contribution in [0.2, 0.25) is 0 Å². The molecule has 0 heterocycles. The number of ether oxygens (including phenoxy) is 2. The number of allylic oxidation sites excluding steroid dienone is 1. The summed E-state index contributed by atoms with van der Waals surface area (Å²) in [5, 5.41) is 2.75. The summed E-state index contributed by atoms with van der Waals surface area (Å²) in [6, 6.07) is 7.15. The smallest absolute Gasteiger partial charge is 0.410 e. The molecule has 0 spiro atoms. The van der Waals surface area contributed by atoms with Crippen molar-refractivity contribution >= 4 is 23.5 Å². The number of fused-ring (bicyclic) bond motifs is 1. The minimum Gasteiger partial charge on any atom is -0.464 e. The summed E-state index contributed by atoms with van der Waals surface area (Å²) in [6.07, 6.45) is 2.27. The third kappa shape index (κ3) is 6.08. The van der Waals surface area contributed by atoms with Crippen LogP contribution in [0.4, 0.5) is 4.79 Å². The van der Waals surface area contributed by atoms with Gasteiger partial charge in [0.15, 0.2) is 0 Å². The van der Waals surface area contributed by atoms with Crippen molar-refractivity contribution in [3.05, 3.63) is 41.5 Å². The van der Waals surface area contributed by atoms with Gasteiger partial charge in [-0.15, -0.1) is 0 Å². The zero-order valence-electron chi connectivity index (χ0n) is 18.7. The van der Waals surface area contributed by atoms with Crippen LogP contribution in [0, 0.1) is 5.92 Å². The summed E-state index contributed by atoms with van der Waals surface area (Å²) in [5.74, 6) is -1.24. The highest BCUT2D eigenvalue weighted by molar-refractivity contribution is 5.89. The molecule has 0 saturated heterocycles. The predicted octanol–water partition coefficient (Wildman–Crippen LogP) is 3.18. The Labute approximate surface area is 178 Å². The molecule has 1 aliphatic rings. The highest BCUT2D eigenvalue weighted by Gasteiger charge is 2.33. The van der Waals surface area contributed by atoms with E-state index in [0.29, 0.717) is 0 Å². The number of carbonyl (C=O) groups is 3. The van der Waals surface area contributed by atoms with Crippen LogP contribution in [0.25, 0.3) is 5.57 Å². The fraction of sp³-hybridized carbons (Fsp3) is 0.522. The number of likely N-dealkylation sites (N-methyl/N-ethyl adjacent to an activating group) is 1. The van der Waals surface area contributed by atoms with Gasteiger partial charge in [-0.3, -0.25) is 4.79 Å². The molecule has 0 fully saturated rings. The standard InChI is InChI=1S/C23H32N2O5/c1-7-29-21(27)20(15(2)17-13-12-16-10-8-9-11-18(16)17)24-19(26)14-25(6)22(28)30-23(3,4)5/h8-11,13,15,20H,7,12,14H2,1-6H3,(H,24,26)/t15-,20-/m0/s1. The lowest BCUT2D eigenvalue weighted by Crippen LogP contribution is -2.50. The molecular weight excluding hydrogens is 384 g/mol. The maximum absolute atomic E-state index is 12.6. The second-order valence-corrected chi connectivity index (χ2v) is 8.44. The maximum atomic E-state index is 12.6. The van der Waals surface area contributed by atoms with Gasteiger partial charge in [-0.25, -0.2) is 9.59 Å². The average molecular weight is 417 g/mol. The van der Waals surface area contributed by atoms with Crippen molar-refractivity contribution < 1.29 is 23.9 Å². The lowest BCUT2D eigenvalue weighted by molar-refractivity contribution is -0.148. The van der Waals surface area contributed by atoms with Gasteiger partial charge in [-0.2, -0.15) is 0 Å². The molecule has 0 radical (unpaired) electrons. The number of nitrogens with one attached hydrogen (secondary N) is 1. The summed E-state index contributed by atoms with van der Waals surface area (Å²) < 4.78 is 10.5. The Balaban J connectivity index is 2.11. The van der Waals surface area contributed by atoms with Crippen LogP contribution in [0.5, 0.6) is 0 Å². The lowest BCUT2D eigenvalue weighted by Gasteiger charge is -2.27. The Hall–Kier alpha value is -2.83. The summed E-state index contributed by atoms with van der Waals surface area (Å²) in [7, 11) is 1.48. The normalized spacial score (nSPS) is 14.8. The topological polar surface area (TPSA) is 84.9 Å². The van der Waals surface area contributed by atoms with Gasteiger partial charge in [0.1, 0.15) is 18.2 Å². The van der Waals surface area contributed by atoms with Crippen molar-refractivity contribution in [1.82, 2.24) is 10.2 Å². The first kappa shape index (κ1) is 23.4. The van der Waals surface area contributed by atoms with Crippen LogP contribution in [0.15, 0.2) is 30.3 Å². The van der Waals surface area contributed by atoms with Crippen molar-refractivity contribution in [2.75, 3.05) is 20.2 Å². The van der Waals surface area contributed by atoms with Gasteiger partial charge < -0.3 is 19.7 Å². The molecule has 1 N–H and O–H groups in total. The average Bonchev–Trinajstić information content (AvgIpc) is 3.08. The molecule has 2 atom stereocenters. The van der Waals surface area contributed by atoms with E-state index in [4.69, 9.17) is 9.47 Å². The number of hydrogen-bond acceptors (Lipinski definition) is 5. The molecular formula is C23H32N2O5. The molecule has 2 amide bonds. The number of hydrogen-bond donors (Lipinski definition) is 1. The van der Waals surface area contributed by atoms with Gasteiger partial charge in [0.05, 0.1) is 6.61 Å². The second kappa shape index (κ2) is 9.78. The summed E-state index contributed by atoms with van der Waals surface area (Å²) in [6.45, 7) is 8.87. The largest absolute Gasteiger partial charge is 0.464 e. The second-order valence-electron chi connectivity index (χ2n) is 8.44. The predicted molar refractivity (Wildman–Crippen MR) is 115 cm³/mol. The van der Waals surface area contributed by atoms with E-state index in [0.717, 1.165) is 17.6 Å². The summed E-state index contributed by atoms with van der Waals surface area (Å²) in [5.41, 5.74) is 2.62. The fourth-order valence-corrected chi connectivity index (χ4v) is 3.38. The highest BCUT2D eigenvalue weighted by atomic mass is 16.6. The molecule has 1 aliphatic carbocycles. The van der Waals surface area contributed by atoms with Gasteiger partial charge in [0.25, 0.3) is 0 Å². The van der Waals surface area contributed by atoms with E-state index >= 15 is 0 Å². The van der Waals surface area contributed by atoms with Crippen LogP contribution in [0.1, 0.15) is 45.7 Å². The number of rotatable bonds is 7. The molecule has 0 saturated carbocycles. The first-order valence-corrected chi connectivity index (χ1v) is 10.2. The Morgan fingerprint density at radius 2 is 1.87 bits per heavy atom. The van der Waals surface area contributed by atoms with E-state index in [9.17, 15) is 14.4 Å². The van der Waals surface area contributed by atoms with Gasteiger partial charge in [0, 0.05) is 13.0 Å². The zero-order valence-corrected chi connectivity index (χ0v) is 18.7. The number of amides is 2. The van der Waals surface area contributed by atoms with E-state index < -0.39 is 29.6 Å². The number of nitrogens with zero attached hydrogens (tertiary/aromatic N) is 1. The highest BCUT2D eigenvalue weighted by Crippen LogP contribution is 2.34. The van der Waals surface area contributed by atoms with Crippen molar-refractivity contribution in [2.45, 2.75) is 52.7 Å². The number of carbonyl (C=O) groups excluding carboxylic acids is 3. The zero-order chi connectivity index (χ0) is 22.5. The van der Waals surface area contributed by atoms with Crippen molar-refractivity contribution in [3.8, 4) is 0 Å². The Morgan fingerprint density at radius 3 is 2.50 bits per heavy atom. The molecule has 0 bridgehead atoms. The molecule has 164 valence electrons. The molecule has 2 rings (SSSR count). The van der Waals surface area contributed by atoms with E-state index in [1.165, 1.54) is 17.5 Å². The van der Waals surface area contributed by atoms with E-state index in [1.54, 1.807) is 27.7 Å². The monoisotopic (exact) mass is 416 g/mol. The summed E-state index contributed by atoms with van der Waals surface area (Å²) >= 11 is 0. The van der Waals surface area contributed by atoms with Crippen LogP contribution in [-0.2, 0) is 25.5 Å². The molecule has 0 unspecified atom stereocenters. The van der Waals surface area contributed by atoms with Gasteiger partial charge in [0.2, 0.25) is 5.91 Å². The SMILES string of the molecule is CCOC(=O)[C@@H](NC(=O)CN(C)C(=O)OC(C)(C)C)[C@@H](C)C1=CCc2ccccc21. The van der Waals surface area contributed by atoms with Crippen LogP contribution >= 0.6 is 0 Å². The van der Waals surface area contributed by atoms with Crippen molar-refractivity contribution in [3.63, 3.8) is 0 Å². The van der Waals surface area contributed by atoms with E-state index in [-0.39, 0.29) is 19.1 Å².